The Kier molecular flexibility index (Phi) is 32.7. The number of amides is 8. The summed E-state index contributed by atoms with van der Waals surface area (Å²) < 4.78 is 43.8. The summed E-state index contributed by atoms with van der Waals surface area (Å²) in [5, 5.41) is 32.5. The summed E-state index contributed by atoms with van der Waals surface area (Å²) >= 11 is 0. The Labute approximate surface area is 726 Å². The number of likely N-dealkylation sites (N-methyl/N-ethyl adjacent to an activating group) is 2. The van der Waals surface area contributed by atoms with Gasteiger partial charge in [-0.2, -0.15) is 0 Å². The average molecular weight is 1730 g/mol. The third-order valence-corrected chi connectivity index (χ3v) is 21.3. The zero-order chi connectivity index (χ0) is 92.1. The van der Waals surface area contributed by atoms with Gasteiger partial charge in [0.05, 0.1) is 44.9 Å². The van der Waals surface area contributed by atoms with Gasteiger partial charge in [0.15, 0.2) is 17.9 Å². The quantitative estimate of drug-likeness (QED) is 0.0186. The summed E-state index contributed by atoms with van der Waals surface area (Å²) in [5.41, 5.74) is 2.11. The maximum Gasteiger partial charge on any atom is 0.410 e. The van der Waals surface area contributed by atoms with Gasteiger partial charge in [-0.15, -0.1) is 10.2 Å². The van der Waals surface area contributed by atoms with Crippen LogP contribution in [0.1, 0.15) is 205 Å². The second-order valence-electron chi connectivity index (χ2n) is 38.2. The van der Waals surface area contributed by atoms with Crippen molar-refractivity contribution in [2.24, 2.45) is 22.5 Å². The number of Topliss-reactive ketones (excluding diaryl/α,β-unsaturated/α-hetero) is 1. The van der Waals surface area contributed by atoms with Crippen LogP contribution in [0, 0.1) is 16.7 Å². The van der Waals surface area contributed by atoms with E-state index in [2.05, 4.69) is 41.9 Å². The Bertz CT molecular complexity index is 4790. The number of rotatable bonds is 34. The van der Waals surface area contributed by atoms with Crippen LogP contribution in [0.2, 0.25) is 0 Å². The minimum absolute atomic E-state index is 0.000201. The number of ether oxygens (including phenoxy) is 7. The van der Waals surface area contributed by atoms with Gasteiger partial charge in [0, 0.05) is 52.5 Å². The first-order chi connectivity index (χ1) is 57.7. The number of methoxy groups -OCH3 is 1. The van der Waals surface area contributed by atoms with Crippen molar-refractivity contribution in [2.45, 2.75) is 286 Å². The third kappa shape index (κ3) is 27.3. The summed E-state index contributed by atoms with van der Waals surface area (Å²) in [5.74, 6) is -7.91. The average Bonchev–Trinajstić information content (AvgIpc) is 1.62. The standard InChI is InChI=1S/C90H129N15O19/c1-53(100(21)83(116)123-89(15,16)17)74(107)94-72(85(3,4)5)78(111)102-42-38-68(119-51-62-49-104(98-96-62)65(36-40-91)81(114)121-87(9,10)11)70(102)67(106)48-61(46-55-32-34-57-28-24-26-30-59(57)44-55)76(109)92-41-37-66(82(115)122-88(12,13)14)105-50-63(97-99-105)52-120-69-39-43-103(79(112)73(86(6,7)8)95-75(108)54(2)101(22)84(117)124-90(18,19)20)71(69)77(110)93-64(80(113)118-23)47-56-33-35-58-29-25-27-31-60(58)45-56/h24-35,44-45,49-50,53-54,61,64-66,68-73H,36-43,46-48,51-52,91H2,1-23H3,(H,92,109)(H,93,110)(H,94,107)(H,95,108)/t53-,54-,61+,64-,65-,66-,68-,69-,70+,71-,72+,73+/m0/s1. The van der Waals surface area contributed by atoms with Crippen molar-refractivity contribution in [3.8, 4) is 0 Å². The molecule has 12 atom stereocenters. The van der Waals surface area contributed by atoms with E-state index in [4.69, 9.17) is 38.9 Å². The van der Waals surface area contributed by atoms with Gasteiger partial charge < -0.3 is 70.0 Å². The lowest BCUT2D eigenvalue weighted by Crippen LogP contribution is -2.62. The molecular formula is C90H129N15O19. The lowest BCUT2D eigenvalue weighted by molar-refractivity contribution is -0.160. The maximum atomic E-state index is 15.9. The van der Waals surface area contributed by atoms with Crippen LogP contribution < -0.4 is 27.0 Å². The molecule has 0 unspecified atom stereocenters. The van der Waals surface area contributed by atoms with Crippen molar-refractivity contribution in [1.29, 1.82) is 0 Å². The zero-order valence-corrected chi connectivity index (χ0v) is 76.2. The van der Waals surface area contributed by atoms with Crippen molar-refractivity contribution in [1.82, 2.24) is 70.9 Å². The van der Waals surface area contributed by atoms with E-state index in [9.17, 15) is 33.6 Å². The fraction of sp³-hybridized carbons (Fsp3) is 0.600. The van der Waals surface area contributed by atoms with Crippen molar-refractivity contribution in [2.75, 3.05) is 47.4 Å². The first kappa shape index (κ1) is 98.4. The lowest BCUT2D eigenvalue weighted by atomic mass is 9.85. The highest BCUT2D eigenvalue weighted by atomic mass is 16.6. The number of nitrogens with one attached hydrogen (secondary N) is 4. The molecule has 34 heteroatoms. The van der Waals surface area contributed by atoms with Crippen molar-refractivity contribution in [3.05, 3.63) is 120 Å². The number of aromatic nitrogens is 6. The van der Waals surface area contributed by atoms with E-state index >= 15 is 24.0 Å². The predicted molar refractivity (Wildman–Crippen MR) is 461 cm³/mol. The third-order valence-electron chi connectivity index (χ3n) is 21.3. The minimum Gasteiger partial charge on any atom is -0.467 e. The van der Waals surface area contributed by atoms with Crippen LogP contribution in [0.5, 0.6) is 0 Å². The number of ketones is 1. The van der Waals surface area contributed by atoms with Crippen LogP contribution in [0.3, 0.4) is 0 Å². The minimum atomic E-state index is -1.45. The summed E-state index contributed by atoms with van der Waals surface area (Å²) in [7, 11) is 4.00. The van der Waals surface area contributed by atoms with Crippen LogP contribution in [0.15, 0.2) is 97.3 Å². The normalized spacial score (nSPS) is 17.8. The van der Waals surface area contributed by atoms with Crippen LogP contribution in [0.25, 0.3) is 21.5 Å². The van der Waals surface area contributed by atoms with E-state index in [1.165, 1.54) is 66.6 Å². The van der Waals surface area contributed by atoms with Crippen LogP contribution >= 0.6 is 0 Å². The molecule has 4 heterocycles. The van der Waals surface area contributed by atoms with Gasteiger partial charge in [0.1, 0.15) is 76.1 Å². The molecule has 0 aliphatic carbocycles. The lowest BCUT2D eigenvalue weighted by Gasteiger charge is -2.37. The highest BCUT2D eigenvalue weighted by Crippen LogP contribution is 2.34. The molecule has 2 saturated heterocycles. The van der Waals surface area contributed by atoms with Gasteiger partial charge >= 0.3 is 30.1 Å². The molecule has 6 N–H and O–H groups in total. The fourth-order valence-electron chi connectivity index (χ4n) is 14.6. The van der Waals surface area contributed by atoms with Gasteiger partial charge in [-0.1, -0.05) is 137 Å². The second-order valence-corrected chi connectivity index (χ2v) is 38.2. The van der Waals surface area contributed by atoms with Gasteiger partial charge in [-0.3, -0.25) is 43.4 Å². The van der Waals surface area contributed by atoms with E-state index < -0.39 is 183 Å². The molecule has 8 rings (SSSR count). The van der Waals surface area contributed by atoms with Crippen molar-refractivity contribution < 1.29 is 90.7 Å². The molecule has 34 nitrogen and oxygen atoms in total. The first-order valence-corrected chi connectivity index (χ1v) is 42.2. The SMILES string of the molecule is COC(=O)[C@H](Cc1ccc2ccccc2c1)NC(=O)[C@@H]1[C@@H](OCc2cn([C@@H](CCNC(=O)[C@@H](CC(=O)[C@@H]3[C@@H](OCc4cn([C@@H](CCN)C(=O)OC(C)(C)C)nn4)CCN3C(=O)[C@@H](NC(=O)[C@H](C)N(C)C(=O)OC(C)(C)C)C(C)(C)C)Cc3ccc4ccccc4c3)C(=O)OC(C)(C)C)nn2)CCN1C(=O)[C@@H](NC(=O)[C@H](C)N(C)C(=O)OC(C)(C)C)C(C)(C)C. The van der Waals surface area contributed by atoms with Gasteiger partial charge in [-0.25, -0.2) is 33.3 Å². The molecule has 2 aliphatic rings. The summed E-state index contributed by atoms with van der Waals surface area (Å²) in [6, 6.07) is 15.4. The second kappa shape index (κ2) is 41.2. The molecule has 0 spiro atoms. The van der Waals surface area contributed by atoms with Crippen molar-refractivity contribution in [3.63, 3.8) is 0 Å². The Morgan fingerprint density at radius 2 is 0.903 bits per heavy atom. The van der Waals surface area contributed by atoms with Crippen LogP contribution in [-0.4, -0.2) is 245 Å². The number of carbonyl (C=O) groups excluding carboxylic acids is 12. The molecule has 678 valence electrons. The molecular weight excluding hydrogens is 1600 g/mol. The summed E-state index contributed by atoms with van der Waals surface area (Å²) in [4.78, 5) is 179. The number of likely N-dealkylation sites (tertiary alicyclic amines) is 2. The molecule has 0 bridgehead atoms. The van der Waals surface area contributed by atoms with E-state index in [-0.39, 0.29) is 89.3 Å². The number of carbonyl (C=O) groups is 12. The maximum absolute atomic E-state index is 15.9. The Morgan fingerprint density at radius 1 is 0.500 bits per heavy atom. The van der Waals surface area contributed by atoms with Crippen molar-refractivity contribution >= 4 is 92.9 Å². The Morgan fingerprint density at radius 3 is 1.31 bits per heavy atom. The summed E-state index contributed by atoms with van der Waals surface area (Å²) in [6.07, 6.45) is -1.06. The molecule has 2 aromatic heterocycles. The first-order valence-electron chi connectivity index (χ1n) is 42.2. The van der Waals surface area contributed by atoms with E-state index in [0.717, 1.165) is 31.3 Å². The predicted octanol–water partition coefficient (Wildman–Crippen LogP) is 8.76. The largest absolute Gasteiger partial charge is 0.467 e. The molecule has 0 saturated carbocycles. The molecule has 2 fully saturated rings. The number of benzene rings is 4. The smallest absolute Gasteiger partial charge is 0.410 e. The van der Waals surface area contributed by atoms with Gasteiger partial charge in [0.2, 0.25) is 35.4 Å². The number of hydrogen-bond acceptors (Lipinski definition) is 24. The molecule has 124 heavy (non-hydrogen) atoms. The molecule has 0 radical (unpaired) electrons. The number of hydrogen-bond donors (Lipinski definition) is 5. The van der Waals surface area contributed by atoms with Gasteiger partial charge in [-0.05, 0) is 179 Å². The zero-order valence-electron chi connectivity index (χ0n) is 76.2. The van der Waals surface area contributed by atoms with E-state index in [1.54, 1.807) is 125 Å². The summed E-state index contributed by atoms with van der Waals surface area (Å²) in [6.45, 7) is 33.0. The highest BCUT2D eigenvalue weighted by molar-refractivity contribution is 5.98. The monoisotopic (exact) mass is 1720 g/mol. The fourth-order valence-corrected chi connectivity index (χ4v) is 14.6. The van der Waals surface area contributed by atoms with Crippen LogP contribution in [-0.2, 0) is 107 Å². The van der Waals surface area contributed by atoms with Crippen LogP contribution in [0.4, 0.5) is 9.59 Å². The Balaban J connectivity index is 1.08. The number of nitrogens with two attached hydrogens (primary N) is 1. The van der Waals surface area contributed by atoms with E-state index in [0.29, 0.717) is 11.1 Å². The number of fused-ring (bicyclic) bond motifs is 2. The van der Waals surface area contributed by atoms with Gasteiger partial charge in [0.25, 0.3) is 0 Å². The number of esters is 3. The number of nitrogens with zero attached hydrogens (tertiary/aromatic N) is 10. The molecule has 4 aromatic carbocycles. The highest BCUT2D eigenvalue weighted by Gasteiger charge is 2.51. The molecule has 2 aliphatic heterocycles. The molecule has 8 amide bonds. The van der Waals surface area contributed by atoms with E-state index in [1.807, 2.05) is 84.9 Å². The molecule has 6 aromatic rings. The topological polar surface area (TPSA) is 418 Å². The Hall–Kier alpha value is -11.0.